The van der Waals surface area contributed by atoms with Crippen molar-refractivity contribution < 1.29 is 9.21 Å². The maximum absolute atomic E-state index is 12.4. The molecule has 0 fully saturated rings. The lowest BCUT2D eigenvalue weighted by atomic mass is 10.3. The quantitative estimate of drug-likeness (QED) is 0.564. The number of aromatic nitrogens is 2. The highest BCUT2D eigenvalue weighted by Gasteiger charge is 2.16. The minimum Gasteiger partial charge on any atom is -0.467 e. The molecular weight excluding hydrogens is 460 g/mol. The van der Waals surface area contributed by atoms with Gasteiger partial charge in [-0.15, -0.1) is 11.3 Å². The van der Waals surface area contributed by atoms with Crippen LogP contribution in [-0.2, 0) is 13.6 Å². The number of halogens is 2. The van der Waals surface area contributed by atoms with Gasteiger partial charge in [0.2, 0.25) is 0 Å². The van der Waals surface area contributed by atoms with Crippen molar-refractivity contribution in [2.24, 2.45) is 12.0 Å². The molecule has 3 aromatic rings. The number of hydrogen-bond donors (Lipinski definition) is 1. The van der Waals surface area contributed by atoms with Crippen LogP contribution in [0.1, 0.15) is 21.1 Å². The third-order valence-corrected chi connectivity index (χ3v) is 6.32. The fourth-order valence-electron chi connectivity index (χ4n) is 2.01. The molecule has 1 N–H and O–H groups in total. The van der Waals surface area contributed by atoms with E-state index >= 15 is 0 Å². The lowest BCUT2D eigenvalue weighted by Crippen LogP contribution is -2.25. The largest absolute Gasteiger partial charge is 0.467 e. The summed E-state index contributed by atoms with van der Waals surface area (Å²) in [5.41, 5.74) is 0.905. The molecule has 1 amide bonds. The van der Waals surface area contributed by atoms with E-state index in [1.807, 2.05) is 6.07 Å². The van der Waals surface area contributed by atoms with Gasteiger partial charge in [0.1, 0.15) is 11.4 Å². The third kappa shape index (κ3) is 3.85. The Balaban J connectivity index is 1.76. The van der Waals surface area contributed by atoms with Crippen molar-refractivity contribution in [2.45, 2.75) is 6.54 Å². The number of rotatable bonds is 5. The molecule has 3 aromatic heterocycles. The molecule has 0 aromatic carbocycles. The van der Waals surface area contributed by atoms with Crippen LogP contribution in [0.2, 0.25) is 0 Å². The second-order valence-electron chi connectivity index (χ2n) is 4.79. The second-order valence-corrected chi connectivity index (χ2v) is 8.05. The van der Waals surface area contributed by atoms with Crippen LogP contribution in [-0.4, -0.2) is 21.9 Å². The van der Waals surface area contributed by atoms with Gasteiger partial charge in [-0.1, -0.05) is 0 Å². The van der Waals surface area contributed by atoms with Crippen LogP contribution in [0, 0.1) is 0 Å². The Bertz CT molecular complexity index is 864. The summed E-state index contributed by atoms with van der Waals surface area (Å²) in [7, 11) is 1.71. The van der Waals surface area contributed by atoms with Gasteiger partial charge in [-0.25, -0.2) is 0 Å². The first-order valence-electron chi connectivity index (χ1n) is 6.86. The Morgan fingerprint density at radius 1 is 1.54 bits per heavy atom. The van der Waals surface area contributed by atoms with Gasteiger partial charge in [0, 0.05) is 22.6 Å². The lowest BCUT2D eigenvalue weighted by Gasteiger charge is -2.04. The summed E-state index contributed by atoms with van der Waals surface area (Å²) < 4.78 is 8.67. The summed E-state index contributed by atoms with van der Waals surface area (Å²) in [5, 5.41) is 6.92. The monoisotopic (exact) mass is 470 g/mol. The maximum atomic E-state index is 12.4. The zero-order valence-corrected chi connectivity index (χ0v) is 16.5. The molecule has 0 aliphatic heterocycles. The third-order valence-electron chi connectivity index (χ3n) is 3.13. The molecular formula is C15H12Br2N4O2S. The minimum atomic E-state index is -0.257. The Morgan fingerprint density at radius 3 is 3.04 bits per heavy atom. The molecule has 3 heterocycles. The van der Waals surface area contributed by atoms with Gasteiger partial charge in [0.05, 0.1) is 22.8 Å². The van der Waals surface area contributed by atoms with E-state index in [9.17, 15) is 4.79 Å². The van der Waals surface area contributed by atoms with Gasteiger partial charge in [0.15, 0.2) is 5.69 Å². The number of aryl methyl sites for hydroxylation is 1. The number of hydrogen-bond acceptors (Lipinski definition) is 5. The molecule has 6 nitrogen and oxygen atoms in total. The number of furan rings is 1. The first kappa shape index (κ1) is 17.1. The summed E-state index contributed by atoms with van der Waals surface area (Å²) in [6, 6.07) is 5.53. The Hall–Kier alpha value is -1.71. The molecule has 3 rings (SSSR count). The highest BCUT2D eigenvalue weighted by molar-refractivity contribution is 9.13. The molecule has 9 heteroatoms. The average molecular weight is 472 g/mol. The standard InChI is InChI=1S/C15H12Br2N4O2S/c1-21-13(15(22)19-6-9-3-2-4-23-9)12(8-20-21)18-7-10-5-11(16)14(17)24-10/h2-5,7-8H,6H2,1H3,(H,19,22). The number of carbonyl (C=O) groups excluding carboxylic acids is 1. The van der Waals surface area contributed by atoms with Crippen molar-refractivity contribution in [1.82, 2.24) is 15.1 Å². The van der Waals surface area contributed by atoms with Crippen LogP contribution in [0.25, 0.3) is 0 Å². The van der Waals surface area contributed by atoms with E-state index < -0.39 is 0 Å². The van der Waals surface area contributed by atoms with Crippen molar-refractivity contribution >= 4 is 61.0 Å². The topological polar surface area (TPSA) is 72.4 Å². The Kier molecular flexibility index (Phi) is 5.32. The molecule has 0 saturated carbocycles. The molecule has 0 spiro atoms. The minimum absolute atomic E-state index is 0.257. The molecule has 0 bridgehead atoms. The van der Waals surface area contributed by atoms with Gasteiger partial charge in [-0.05, 0) is 50.1 Å². The summed E-state index contributed by atoms with van der Waals surface area (Å²) in [6.45, 7) is 0.311. The van der Waals surface area contributed by atoms with Crippen molar-refractivity contribution in [1.29, 1.82) is 0 Å². The Morgan fingerprint density at radius 2 is 2.38 bits per heavy atom. The van der Waals surface area contributed by atoms with E-state index in [-0.39, 0.29) is 5.91 Å². The highest BCUT2D eigenvalue weighted by atomic mass is 79.9. The Labute approximate surface area is 158 Å². The smallest absolute Gasteiger partial charge is 0.272 e. The van der Waals surface area contributed by atoms with Crippen molar-refractivity contribution in [3.63, 3.8) is 0 Å². The van der Waals surface area contributed by atoms with Crippen LogP contribution < -0.4 is 5.32 Å². The van der Waals surface area contributed by atoms with E-state index in [1.54, 1.807) is 49.2 Å². The van der Waals surface area contributed by atoms with Crippen LogP contribution in [0.3, 0.4) is 0 Å². The predicted octanol–water partition coefficient (Wildman–Crippen LogP) is 4.28. The molecule has 0 aliphatic rings. The number of carbonyl (C=O) groups is 1. The molecule has 0 saturated heterocycles. The summed E-state index contributed by atoms with van der Waals surface area (Å²) in [5.74, 6) is 0.427. The zero-order chi connectivity index (χ0) is 17.1. The SMILES string of the molecule is Cn1ncc(N=Cc2cc(Br)c(Br)s2)c1C(=O)NCc1ccco1. The van der Waals surface area contributed by atoms with E-state index in [1.165, 1.54) is 4.68 Å². The zero-order valence-electron chi connectivity index (χ0n) is 12.5. The number of thiophene rings is 1. The van der Waals surface area contributed by atoms with Crippen LogP contribution in [0.4, 0.5) is 5.69 Å². The highest BCUT2D eigenvalue weighted by Crippen LogP contribution is 2.31. The first-order valence-corrected chi connectivity index (χ1v) is 9.26. The van der Waals surface area contributed by atoms with E-state index in [0.717, 1.165) is 13.1 Å². The average Bonchev–Trinajstić information content (AvgIpc) is 3.25. The fourth-order valence-corrected chi connectivity index (χ4v) is 3.97. The van der Waals surface area contributed by atoms with Crippen LogP contribution in [0.5, 0.6) is 0 Å². The molecule has 0 unspecified atom stereocenters. The number of nitrogens with zero attached hydrogens (tertiary/aromatic N) is 3. The van der Waals surface area contributed by atoms with Gasteiger partial charge >= 0.3 is 0 Å². The summed E-state index contributed by atoms with van der Waals surface area (Å²) >= 11 is 8.42. The first-order chi connectivity index (χ1) is 11.5. The predicted molar refractivity (Wildman–Crippen MR) is 100 cm³/mol. The van der Waals surface area contributed by atoms with Gasteiger partial charge in [0.25, 0.3) is 5.91 Å². The van der Waals surface area contributed by atoms with Gasteiger partial charge in [-0.2, -0.15) is 5.10 Å². The van der Waals surface area contributed by atoms with Crippen molar-refractivity contribution in [3.05, 3.63) is 55.2 Å². The van der Waals surface area contributed by atoms with Crippen molar-refractivity contribution in [3.8, 4) is 0 Å². The maximum Gasteiger partial charge on any atom is 0.272 e. The normalized spacial score (nSPS) is 11.3. The van der Waals surface area contributed by atoms with E-state index in [0.29, 0.717) is 23.7 Å². The van der Waals surface area contributed by atoms with Crippen molar-refractivity contribution in [2.75, 3.05) is 0 Å². The molecule has 0 atom stereocenters. The molecule has 124 valence electrons. The molecule has 0 aliphatic carbocycles. The van der Waals surface area contributed by atoms with Crippen LogP contribution >= 0.6 is 43.2 Å². The van der Waals surface area contributed by atoms with Crippen LogP contribution in [0.15, 0.2) is 48.3 Å². The summed E-state index contributed by atoms with van der Waals surface area (Å²) in [6.07, 6.45) is 4.84. The molecule has 24 heavy (non-hydrogen) atoms. The number of aliphatic imine (C=N–C) groups is 1. The fraction of sp³-hybridized carbons (Fsp3) is 0.133. The number of nitrogens with one attached hydrogen (secondary N) is 1. The van der Waals surface area contributed by atoms with E-state index in [2.05, 4.69) is 47.3 Å². The second kappa shape index (κ2) is 7.45. The lowest BCUT2D eigenvalue weighted by molar-refractivity contribution is 0.0939. The summed E-state index contributed by atoms with van der Waals surface area (Å²) in [4.78, 5) is 17.8. The van der Waals surface area contributed by atoms with Gasteiger partial charge < -0.3 is 9.73 Å². The van der Waals surface area contributed by atoms with E-state index in [4.69, 9.17) is 4.42 Å². The molecule has 0 radical (unpaired) electrons. The van der Waals surface area contributed by atoms with Gasteiger partial charge in [-0.3, -0.25) is 14.5 Å². The number of amides is 1.